The Kier molecular flexibility index (Phi) is 3.08. The average molecular weight is 235 g/mol. The zero-order valence-corrected chi connectivity index (χ0v) is 9.89. The average Bonchev–Trinajstić information content (AvgIpc) is 2.33. The summed E-state index contributed by atoms with van der Waals surface area (Å²) in [6, 6.07) is 5.93. The molecule has 1 aromatic carbocycles. The van der Waals surface area contributed by atoms with Crippen LogP contribution in [0.3, 0.4) is 0 Å². The highest BCUT2D eigenvalue weighted by atomic mass is 16.4. The van der Waals surface area contributed by atoms with E-state index in [0.717, 1.165) is 30.0 Å². The molecule has 5 heteroatoms. The molecule has 0 bridgehead atoms. The predicted octanol–water partition coefficient (Wildman–Crippen LogP) is 1.38. The molecule has 0 saturated carbocycles. The molecule has 1 amide bonds. The van der Waals surface area contributed by atoms with Crippen molar-refractivity contribution in [3.63, 3.8) is 0 Å². The minimum Gasteiger partial charge on any atom is -0.465 e. The fourth-order valence-corrected chi connectivity index (χ4v) is 2.01. The number of carboxylic acid groups (broad SMARTS) is 1. The van der Waals surface area contributed by atoms with Crippen LogP contribution in [0.1, 0.15) is 5.56 Å². The second-order valence-corrected chi connectivity index (χ2v) is 4.30. The van der Waals surface area contributed by atoms with Gasteiger partial charge in [0.2, 0.25) is 0 Å². The van der Waals surface area contributed by atoms with E-state index in [0.29, 0.717) is 13.1 Å². The van der Waals surface area contributed by atoms with Crippen molar-refractivity contribution in [1.82, 2.24) is 4.90 Å². The van der Waals surface area contributed by atoms with Gasteiger partial charge >= 0.3 is 6.09 Å². The summed E-state index contributed by atoms with van der Waals surface area (Å²) in [5.74, 6) is 0. The number of amides is 1. The number of benzene rings is 1. The largest absolute Gasteiger partial charge is 0.465 e. The number of nitrogen functional groups attached to an aromatic ring is 1. The molecule has 3 N–H and O–H groups in total. The summed E-state index contributed by atoms with van der Waals surface area (Å²) in [7, 11) is 0. The number of nitrogens with zero attached hydrogens (tertiary/aromatic N) is 2. The first kappa shape index (κ1) is 11.6. The molecule has 0 aromatic heterocycles. The number of aryl methyl sites for hydroxylation is 1. The number of nitrogens with two attached hydrogens (primary N) is 1. The summed E-state index contributed by atoms with van der Waals surface area (Å²) in [5.41, 5.74) is 8.74. The van der Waals surface area contributed by atoms with E-state index in [1.807, 2.05) is 25.1 Å². The van der Waals surface area contributed by atoms with Gasteiger partial charge in [0.15, 0.2) is 0 Å². The molecule has 17 heavy (non-hydrogen) atoms. The van der Waals surface area contributed by atoms with Gasteiger partial charge < -0.3 is 20.6 Å². The van der Waals surface area contributed by atoms with Crippen LogP contribution in [-0.2, 0) is 0 Å². The lowest BCUT2D eigenvalue weighted by molar-refractivity contribution is 0.142. The Balaban J connectivity index is 2.05. The number of hydrogen-bond donors (Lipinski definition) is 2. The Morgan fingerprint density at radius 1 is 1.29 bits per heavy atom. The van der Waals surface area contributed by atoms with Crippen molar-refractivity contribution in [1.29, 1.82) is 0 Å². The molecule has 92 valence electrons. The van der Waals surface area contributed by atoms with Crippen LogP contribution in [0.15, 0.2) is 18.2 Å². The smallest absolute Gasteiger partial charge is 0.407 e. The summed E-state index contributed by atoms with van der Waals surface area (Å²) in [5, 5.41) is 8.87. The van der Waals surface area contributed by atoms with Crippen LogP contribution in [-0.4, -0.2) is 42.3 Å². The van der Waals surface area contributed by atoms with Crippen molar-refractivity contribution in [2.75, 3.05) is 36.8 Å². The van der Waals surface area contributed by atoms with E-state index in [1.54, 1.807) is 0 Å². The van der Waals surface area contributed by atoms with Crippen LogP contribution in [0.5, 0.6) is 0 Å². The van der Waals surface area contributed by atoms with Gasteiger partial charge in [0, 0.05) is 37.6 Å². The van der Waals surface area contributed by atoms with Gasteiger partial charge in [-0.1, -0.05) is 0 Å². The van der Waals surface area contributed by atoms with Gasteiger partial charge in [-0.25, -0.2) is 4.79 Å². The highest BCUT2D eigenvalue weighted by Gasteiger charge is 2.20. The van der Waals surface area contributed by atoms with Crippen molar-refractivity contribution in [3.8, 4) is 0 Å². The molecule has 0 unspecified atom stereocenters. The molecule has 1 heterocycles. The maximum atomic E-state index is 10.8. The Morgan fingerprint density at radius 2 is 1.94 bits per heavy atom. The Labute approximate surface area is 100 Å². The quantitative estimate of drug-likeness (QED) is 0.721. The maximum Gasteiger partial charge on any atom is 0.407 e. The van der Waals surface area contributed by atoms with Crippen molar-refractivity contribution in [2.24, 2.45) is 0 Å². The molecule has 0 radical (unpaired) electrons. The summed E-state index contributed by atoms with van der Waals surface area (Å²) in [6.45, 7) is 4.55. The molecular weight excluding hydrogens is 218 g/mol. The van der Waals surface area contributed by atoms with E-state index in [2.05, 4.69) is 4.90 Å². The third-order valence-corrected chi connectivity index (χ3v) is 3.17. The third kappa shape index (κ3) is 2.43. The van der Waals surface area contributed by atoms with Gasteiger partial charge in [-0.15, -0.1) is 0 Å². The van der Waals surface area contributed by atoms with Crippen LogP contribution in [0, 0.1) is 6.92 Å². The van der Waals surface area contributed by atoms with Gasteiger partial charge in [0.05, 0.1) is 0 Å². The fourth-order valence-electron chi connectivity index (χ4n) is 2.01. The summed E-state index contributed by atoms with van der Waals surface area (Å²) >= 11 is 0. The standard InChI is InChI=1S/C12H17N3O2/c1-9-8-10(2-3-11(9)13)14-4-6-15(7-5-14)12(16)17/h2-3,8H,4-7,13H2,1H3,(H,16,17). The molecule has 1 fully saturated rings. The van der Waals surface area contributed by atoms with Crippen molar-refractivity contribution in [2.45, 2.75) is 6.92 Å². The Morgan fingerprint density at radius 3 is 2.47 bits per heavy atom. The SMILES string of the molecule is Cc1cc(N2CCN(C(=O)O)CC2)ccc1N. The molecule has 1 aliphatic rings. The fraction of sp³-hybridized carbons (Fsp3) is 0.417. The minimum absolute atomic E-state index is 0.554. The molecule has 0 aliphatic carbocycles. The topological polar surface area (TPSA) is 69.8 Å². The summed E-state index contributed by atoms with van der Waals surface area (Å²) in [4.78, 5) is 14.4. The Bertz CT molecular complexity index is 426. The van der Waals surface area contributed by atoms with E-state index >= 15 is 0 Å². The summed E-state index contributed by atoms with van der Waals surface area (Å²) < 4.78 is 0. The van der Waals surface area contributed by atoms with Crippen molar-refractivity contribution >= 4 is 17.5 Å². The molecule has 5 nitrogen and oxygen atoms in total. The Hall–Kier alpha value is -1.91. The van der Waals surface area contributed by atoms with Gasteiger partial charge in [0.1, 0.15) is 0 Å². The normalized spacial score (nSPS) is 16.1. The lowest BCUT2D eigenvalue weighted by Gasteiger charge is -2.34. The highest BCUT2D eigenvalue weighted by Crippen LogP contribution is 2.21. The maximum absolute atomic E-state index is 10.8. The molecule has 1 aliphatic heterocycles. The van der Waals surface area contributed by atoms with Gasteiger partial charge in [0.25, 0.3) is 0 Å². The van der Waals surface area contributed by atoms with E-state index in [9.17, 15) is 4.79 Å². The second kappa shape index (κ2) is 4.53. The molecule has 0 spiro atoms. The van der Waals surface area contributed by atoms with E-state index in [4.69, 9.17) is 10.8 Å². The van der Waals surface area contributed by atoms with Crippen LogP contribution in [0.2, 0.25) is 0 Å². The van der Waals surface area contributed by atoms with E-state index in [-0.39, 0.29) is 0 Å². The van der Waals surface area contributed by atoms with E-state index < -0.39 is 6.09 Å². The zero-order chi connectivity index (χ0) is 12.4. The molecule has 0 atom stereocenters. The first-order valence-corrected chi connectivity index (χ1v) is 5.67. The zero-order valence-electron chi connectivity index (χ0n) is 9.89. The van der Waals surface area contributed by atoms with Gasteiger partial charge in [-0.3, -0.25) is 0 Å². The third-order valence-electron chi connectivity index (χ3n) is 3.17. The monoisotopic (exact) mass is 235 g/mol. The second-order valence-electron chi connectivity index (χ2n) is 4.30. The number of hydrogen-bond acceptors (Lipinski definition) is 3. The number of rotatable bonds is 1. The molecule has 1 saturated heterocycles. The number of anilines is 2. The molecule has 1 aromatic rings. The van der Waals surface area contributed by atoms with Crippen LogP contribution in [0.4, 0.5) is 16.2 Å². The van der Waals surface area contributed by atoms with Crippen molar-refractivity contribution < 1.29 is 9.90 Å². The lowest BCUT2D eigenvalue weighted by Crippen LogP contribution is -2.48. The number of piperazine rings is 1. The number of carbonyl (C=O) groups is 1. The minimum atomic E-state index is -0.835. The van der Waals surface area contributed by atoms with Gasteiger partial charge in [-0.05, 0) is 30.7 Å². The predicted molar refractivity (Wildman–Crippen MR) is 67.4 cm³/mol. The van der Waals surface area contributed by atoms with Crippen LogP contribution >= 0.6 is 0 Å². The first-order valence-electron chi connectivity index (χ1n) is 5.67. The highest BCUT2D eigenvalue weighted by molar-refractivity contribution is 5.66. The lowest BCUT2D eigenvalue weighted by atomic mass is 10.1. The van der Waals surface area contributed by atoms with E-state index in [1.165, 1.54) is 4.90 Å². The van der Waals surface area contributed by atoms with Gasteiger partial charge in [-0.2, -0.15) is 0 Å². The first-order chi connectivity index (χ1) is 8.08. The molecule has 2 rings (SSSR count). The molecular formula is C12H17N3O2. The van der Waals surface area contributed by atoms with Crippen LogP contribution < -0.4 is 10.6 Å². The summed E-state index contributed by atoms with van der Waals surface area (Å²) in [6.07, 6.45) is -0.835. The van der Waals surface area contributed by atoms with Crippen LogP contribution in [0.25, 0.3) is 0 Å². The van der Waals surface area contributed by atoms with Crippen molar-refractivity contribution in [3.05, 3.63) is 23.8 Å².